The van der Waals surface area contributed by atoms with E-state index in [1.54, 1.807) is 0 Å². The Kier molecular flexibility index (Phi) is 6.32. The van der Waals surface area contributed by atoms with Crippen LogP contribution in [0.3, 0.4) is 0 Å². The molecular weight excluding hydrogens is 124 g/mol. The van der Waals surface area contributed by atoms with Crippen molar-refractivity contribution in [3.63, 3.8) is 0 Å². The van der Waals surface area contributed by atoms with Crippen LogP contribution in [-0.4, -0.2) is 11.2 Å². The number of hydrogen-bond acceptors (Lipinski definition) is 1. The largest absolute Gasteiger partial charge is 0.393 e. The van der Waals surface area contributed by atoms with Crippen molar-refractivity contribution in [1.82, 2.24) is 0 Å². The minimum absolute atomic E-state index is 0.170. The summed E-state index contributed by atoms with van der Waals surface area (Å²) < 4.78 is 0. The van der Waals surface area contributed by atoms with E-state index < -0.39 is 0 Å². The summed E-state index contributed by atoms with van der Waals surface area (Å²) in [6, 6.07) is 0. The van der Waals surface area contributed by atoms with Crippen LogP contribution in [0.2, 0.25) is 0 Å². The summed E-state index contributed by atoms with van der Waals surface area (Å²) in [6.45, 7) is 2.12. The van der Waals surface area contributed by atoms with Crippen molar-refractivity contribution in [3.8, 4) is 12.3 Å². The van der Waals surface area contributed by atoms with Crippen LogP contribution in [-0.2, 0) is 0 Å². The summed E-state index contributed by atoms with van der Waals surface area (Å²) in [4.78, 5) is 0. The maximum Gasteiger partial charge on any atom is 0.0549 e. The van der Waals surface area contributed by atoms with Gasteiger partial charge >= 0.3 is 0 Å². The third-order valence-electron chi connectivity index (χ3n) is 1.51. The van der Waals surface area contributed by atoms with Crippen LogP contribution in [0.5, 0.6) is 0 Å². The summed E-state index contributed by atoms with van der Waals surface area (Å²) in [5.74, 6) is 2.52. The molecule has 0 fully saturated rings. The zero-order valence-corrected chi connectivity index (χ0v) is 6.64. The van der Waals surface area contributed by atoms with E-state index >= 15 is 0 Å². The lowest BCUT2D eigenvalue weighted by Gasteiger charge is -2.05. The van der Waals surface area contributed by atoms with Crippen LogP contribution in [0.15, 0.2) is 0 Å². The predicted octanol–water partition coefficient (Wildman–Crippen LogP) is 1.95. The van der Waals surface area contributed by atoms with Gasteiger partial charge in [-0.1, -0.05) is 19.8 Å². The van der Waals surface area contributed by atoms with Gasteiger partial charge in [-0.2, -0.15) is 0 Å². The Labute approximate surface area is 63.5 Å². The first-order valence-corrected chi connectivity index (χ1v) is 3.92. The van der Waals surface area contributed by atoms with Gasteiger partial charge in [0, 0.05) is 6.42 Å². The molecule has 0 aliphatic heterocycles. The molecule has 1 nitrogen and oxygen atoms in total. The SMILES string of the molecule is C#CCCC(O)CCCC. The fraction of sp³-hybridized carbons (Fsp3) is 0.778. The van der Waals surface area contributed by atoms with Gasteiger partial charge in [0.25, 0.3) is 0 Å². The summed E-state index contributed by atoms with van der Waals surface area (Å²) in [7, 11) is 0. The number of terminal acetylenes is 1. The summed E-state index contributed by atoms with van der Waals surface area (Å²) >= 11 is 0. The van der Waals surface area contributed by atoms with E-state index in [1.807, 2.05) is 0 Å². The van der Waals surface area contributed by atoms with Crippen LogP contribution >= 0.6 is 0 Å². The first kappa shape index (κ1) is 9.52. The minimum atomic E-state index is -0.170. The standard InChI is InChI=1S/C9H16O/c1-3-5-7-9(10)8-6-4-2/h1,9-10H,4-8H2,2H3. The van der Waals surface area contributed by atoms with Gasteiger partial charge in [-0.3, -0.25) is 0 Å². The van der Waals surface area contributed by atoms with Crippen LogP contribution in [0, 0.1) is 12.3 Å². The van der Waals surface area contributed by atoms with E-state index in [0.717, 1.165) is 25.7 Å². The molecule has 0 aliphatic carbocycles. The van der Waals surface area contributed by atoms with Crippen LogP contribution in [0.4, 0.5) is 0 Å². The van der Waals surface area contributed by atoms with Gasteiger partial charge in [-0.25, -0.2) is 0 Å². The quantitative estimate of drug-likeness (QED) is 0.579. The highest BCUT2D eigenvalue weighted by Gasteiger charge is 2.00. The number of hydrogen-bond donors (Lipinski definition) is 1. The highest BCUT2D eigenvalue weighted by atomic mass is 16.3. The van der Waals surface area contributed by atoms with Crippen molar-refractivity contribution in [2.75, 3.05) is 0 Å². The Morgan fingerprint density at radius 2 is 2.20 bits per heavy atom. The smallest absolute Gasteiger partial charge is 0.0549 e. The highest BCUT2D eigenvalue weighted by molar-refractivity contribution is 4.84. The summed E-state index contributed by atoms with van der Waals surface area (Å²) in [6.07, 6.45) is 9.48. The second-order valence-electron chi connectivity index (χ2n) is 2.54. The molecule has 1 unspecified atom stereocenters. The molecule has 0 heterocycles. The lowest BCUT2D eigenvalue weighted by atomic mass is 10.1. The van der Waals surface area contributed by atoms with Crippen molar-refractivity contribution in [3.05, 3.63) is 0 Å². The molecule has 0 bridgehead atoms. The lowest BCUT2D eigenvalue weighted by Crippen LogP contribution is -2.04. The maximum absolute atomic E-state index is 9.22. The molecule has 0 aromatic heterocycles. The van der Waals surface area contributed by atoms with E-state index in [1.165, 1.54) is 0 Å². The fourth-order valence-electron chi connectivity index (χ4n) is 0.834. The van der Waals surface area contributed by atoms with Crippen LogP contribution in [0.1, 0.15) is 39.0 Å². The molecule has 58 valence electrons. The molecule has 0 spiro atoms. The van der Waals surface area contributed by atoms with Gasteiger partial charge < -0.3 is 5.11 Å². The molecule has 0 aliphatic rings. The van der Waals surface area contributed by atoms with Crippen LogP contribution in [0.25, 0.3) is 0 Å². The maximum atomic E-state index is 9.22. The number of aliphatic hydroxyl groups is 1. The average Bonchev–Trinajstić information content (AvgIpc) is 1.97. The van der Waals surface area contributed by atoms with Gasteiger partial charge in [0.15, 0.2) is 0 Å². The van der Waals surface area contributed by atoms with E-state index in [4.69, 9.17) is 6.42 Å². The van der Waals surface area contributed by atoms with E-state index in [0.29, 0.717) is 6.42 Å². The topological polar surface area (TPSA) is 20.2 Å². The Bertz CT molecular complexity index is 102. The first-order valence-electron chi connectivity index (χ1n) is 3.92. The second-order valence-corrected chi connectivity index (χ2v) is 2.54. The molecule has 1 N–H and O–H groups in total. The Hall–Kier alpha value is -0.480. The Morgan fingerprint density at radius 3 is 2.70 bits per heavy atom. The van der Waals surface area contributed by atoms with Crippen molar-refractivity contribution >= 4 is 0 Å². The molecular formula is C9H16O. The summed E-state index contributed by atoms with van der Waals surface area (Å²) in [5.41, 5.74) is 0. The average molecular weight is 140 g/mol. The van der Waals surface area contributed by atoms with Gasteiger partial charge in [0.1, 0.15) is 0 Å². The minimum Gasteiger partial charge on any atom is -0.393 e. The zero-order chi connectivity index (χ0) is 7.82. The van der Waals surface area contributed by atoms with Gasteiger partial charge in [-0.15, -0.1) is 12.3 Å². The fourth-order valence-corrected chi connectivity index (χ4v) is 0.834. The molecule has 0 amide bonds. The number of aliphatic hydroxyl groups excluding tert-OH is 1. The summed E-state index contributed by atoms with van der Waals surface area (Å²) in [5, 5.41) is 9.22. The number of unbranched alkanes of at least 4 members (excludes halogenated alkanes) is 1. The monoisotopic (exact) mass is 140 g/mol. The van der Waals surface area contributed by atoms with Crippen LogP contribution < -0.4 is 0 Å². The molecule has 0 radical (unpaired) electrons. The third kappa shape index (κ3) is 5.65. The predicted molar refractivity (Wildman–Crippen MR) is 43.6 cm³/mol. The van der Waals surface area contributed by atoms with E-state index in [9.17, 15) is 5.11 Å². The van der Waals surface area contributed by atoms with Gasteiger partial charge in [0.05, 0.1) is 6.10 Å². The third-order valence-corrected chi connectivity index (χ3v) is 1.51. The van der Waals surface area contributed by atoms with Gasteiger partial charge in [0.2, 0.25) is 0 Å². The molecule has 1 atom stereocenters. The van der Waals surface area contributed by atoms with E-state index in [-0.39, 0.29) is 6.10 Å². The second kappa shape index (κ2) is 6.64. The molecule has 0 aromatic rings. The lowest BCUT2D eigenvalue weighted by molar-refractivity contribution is 0.153. The first-order chi connectivity index (χ1) is 4.81. The van der Waals surface area contributed by atoms with Crippen molar-refractivity contribution in [2.24, 2.45) is 0 Å². The molecule has 1 heteroatoms. The van der Waals surface area contributed by atoms with E-state index in [2.05, 4.69) is 12.8 Å². The molecule has 10 heavy (non-hydrogen) atoms. The van der Waals surface area contributed by atoms with Gasteiger partial charge in [-0.05, 0) is 12.8 Å². The Morgan fingerprint density at radius 1 is 1.50 bits per heavy atom. The van der Waals surface area contributed by atoms with Crippen molar-refractivity contribution in [2.45, 2.75) is 45.1 Å². The molecule has 0 saturated carbocycles. The van der Waals surface area contributed by atoms with Crippen molar-refractivity contribution < 1.29 is 5.11 Å². The molecule has 0 aromatic carbocycles. The molecule has 0 rings (SSSR count). The molecule has 0 saturated heterocycles. The Balaban J connectivity index is 3.10. The zero-order valence-electron chi connectivity index (χ0n) is 6.64. The van der Waals surface area contributed by atoms with Crippen molar-refractivity contribution in [1.29, 1.82) is 0 Å². The number of rotatable bonds is 5. The normalized spacial score (nSPS) is 12.5. The highest BCUT2D eigenvalue weighted by Crippen LogP contribution is 2.05.